The summed E-state index contributed by atoms with van der Waals surface area (Å²) in [7, 11) is 1.63. The van der Waals surface area contributed by atoms with Crippen molar-refractivity contribution in [1.82, 2.24) is 39.6 Å². The van der Waals surface area contributed by atoms with Crippen LogP contribution in [0.15, 0.2) is 91.6 Å². The lowest BCUT2D eigenvalue weighted by Crippen LogP contribution is -2.19. The van der Waals surface area contributed by atoms with Gasteiger partial charge in [-0.2, -0.15) is 5.10 Å². The number of aromatic nitrogens is 7. The van der Waals surface area contributed by atoms with Crippen molar-refractivity contribution in [2.24, 2.45) is 0 Å². The summed E-state index contributed by atoms with van der Waals surface area (Å²) in [6.45, 7) is 0. The van der Waals surface area contributed by atoms with Gasteiger partial charge < -0.3 is 11.1 Å². The topological polar surface area (TPSA) is 129 Å². The molecule has 1 aliphatic carbocycles. The van der Waals surface area contributed by atoms with Crippen molar-refractivity contribution >= 4 is 22.9 Å². The van der Waals surface area contributed by atoms with E-state index < -0.39 is 0 Å². The third-order valence-electron chi connectivity index (χ3n) is 7.04. The van der Waals surface area contributed by atoms with Gasteiger partial charge in [-0.15, -0.1) is 0 Å². The van der Waals surface area contributed by atoms with E-state index in [0.717, 1.165) is 52.5 Å². The van der Waals surface area contributed by atoms with Gasteiger partial charge >= 0.3 is 0 Å². The highest BCUT2D eigenvalue weighted by Gasteiger charge is 2.20. The molecule has 0 aliphatic heterocycles. The van der Waals surface area contributed by atoms with E-state index in [-0.39, 0.29) is 5.91 Å². The Balaban J connectivity index is 0.000000233. The molecule has 0 unspecified atom stereocenters. The maximum absolute atomic E-state index is 10.8. The Hall–Kier alpha value is -5.38. The van der Waals surface area contributed by atoms with Crippen LogP contribution in [0.4, 0.5) is 5.82 Å². The highest BCUT2D eigenvalue weighted by Crippen LogP contribution is 2.32. The lowest BCUT2D eigenvalue weighted by atomic mass is 10.1. The summed E-state index contributed by atoms with van der Waals surface area (Å²) in [6, 6.07) is 19.9. The lowest BCUT2D eigenvalue weighted by molar-refractivity contribution is -0.119. The fraction of sp³-hybridized carbons (Fsp3) is 0.161. The molecule has 1 amide bonds. The van der Waals surface area contributed by atoms with E-state index in [1.807, 2.05) is 48.7 Å². The van der Waals surface area contributed by atoms with E-state index in [1.54, 1.807) is 36.5 Å². The first-order valence-corrected chi connectivity index (χ1v) is 13.4. The van der Waals surface area contributed by atoms with Crippen molar-refractivity contribution in [2.75, 3.05) is 12.8 Å². The fourth-order valence-corrected chi connectivity index (χ4v) is 4.98. The summed E-state index contributed by atoms with van der Waals surface area (Å²) < 4.78 is 3.83. The van der Waals surface area contributed by atoms with Crippen molar-refractivity contribution in [3.05, 3.63) is 108 Å². The number of hydrogen-bond acceptors (Lipinski definition) is 7. The lowest BCUT2D eigenvalue weighted by Gasteiger charge is -2.12. The summed E-state index contributed by atoms with van der Waals surface area (Å²) in [6.07, 6.45) is 12.5. The first kappa shape index (κ1) is 25.9. The molecule has 0 bridgehead atoms. The molecule has 10 nitrogen and oxygen atoms in total. The number of nitrogens with zero attached hydrogens (tertiary/aromatic N) is 7. The van der Waals surface area contributed by atoms with Crippen molar-refractivity contribution in [1.29, 1.82) is 0 Å². The first-order chi connectivity index (χ1) is 20.1. The molecule has 3 N–H and O–H groups in total. The van der Waals surface area contributed by atoms with Gasteiger partial charge in [-0.3, -0.25) is 14.3 Å². The second kappa shape index (κ2) is 11.4. The normalized spacial score (nSPS) is 12.0. The van der Waals surface area contributed by atoms with Gasteiger partial charge in [-0.25, -0.2) is 19.6 Å². The number of aryl methyl sites for hydroxylation is 2. The fourth-order valence-electron chi connectivity index (χ4n) is 4.98. The number of carbonyl (C=O) groups is 1. The third-order valence-corrected chi connectivity index (χ3v) is 7.04. The van der Waals surface area contributed by atoms with Gasteiger partial charge in [-0.1, -0.05) is 6.07 Å². The van der Waals surface area contributed by atoms with Crippen molar-refractivity contribution in [3.8, 4) is 22.9 Å². The average Bonchev–Trinajstić information content (AvgIpc) is 3.77. The number of fused-ring (bicyclic) bond motifs is 2. The standard InChI is InChI=1S/C23H19N7.C8H10N2O/c24-21-18(6-2-11-25-21)22-27-19-9-10-20(29-13-3-12-26-29)28-23(19)30(22)17-8-7-15-4-1-5-16(15)14-17;1-9-8(11)6-7-2-4-10-5-3-7/h2-3,6-14H,1,4-5H2,(H2,24,25);2-5H,6H2,1H3,(H,9,11). The van der Waals surface area contributed by atoms with Crippen LogP contribution in [0.1, 0.15) is 23.1 Å². The molecule has 5 aromatic heterocycles. The number of benzene rings is 1. The maximum atomic E-state index is 10.8. The zero-order chi connectivity index (χ0) is 28.2. The zero-order valence-corrected chi connectivity index (χ0v) is 22.6. The van der Waals surface area contributed by atoms with Crippen molar-refractivity contribution < 1.29 is 4.79 Å². The van der Waals surface area contributed by atoms with E-state index in [9.17, 15) is 4.79 Å². The predicted octanol–water partition coefficient (Wildman–Crippen LogP) is 4.11. The number of nitrogen functional groups attached to an aromatic ring is 1. The van der Waals surface area contributed by atoms with E-state index in [0.29, 0.717) is 12.2 Å². The second-order valence-corrected chi connectivity index (χ2v) is 9.68. The minimum atomic E-state index is 0.0243. The Morgan fingerprint density at radius 3 is 2.59 bits per heavy atom. The molecule has 0 saturated carbocycles. The van der Waals surface area contributed by atoms with Crippen LogP contribution in [0.3, 0.4) is 0 Å². The Morgan fingerprint density at radius 1 is 0.951 bits per heavy atom. The van der Waals surface area contributed by atoms with Crippen LogP contribution in [0, 0.1) is 0 Å². The minimum absolute atomic E-state index is 0.0243. The number of imidazole rings is 1. The van der Waals surface area contributed by atoms with Crippen LogP contribution in [0.25, 0.3) is 34.1 Å². The quantitative estimate of drug-likeness (QED) is 0.335. The van der Waals surface area contributed by atoms with Gasteiger partial charge in [0, 0.05) is 43.7 Å². The summed E-state index contributed by atoms with van der Waals surface area (Å²) in [4.78, 5) is 28.8. The molecule has 10 heteroatoms. The molecule has 7 rings (SSSR count). The number of nitrogens with one attached hydrogen (secondary N) is 1. The number of pyridine rings is 3. The largest absolute Gasteiger partial charge is 0.383 e. The molecule has 0 saturated heterocycles. The van der Waals surface area contributed by atoms with Crippen LogP contribution >= 0.6 is 0 Å². The predicted molar refractivity (Wildman–Crippen MR) is 158 cm³/mol. The monoisotopic (exact) mass is 543 g/mol. The Labute approximate surface area is 236 Å². The first-order valence-electron chi connectivity index (χ1n) is 13.4. The molecule has 1 aliphatic rings. The van der Waals surface area contributed by atoms with Gasteiger partial charge in [0.1, 0.15) is 11.3 Å². The molecule has 0 fully saturated rings. The van der Waals surface area contributed by atoms with Gasteiger partial charge in [-0.05, 0) is 90.6 Å². The minimum Gasteiger partial charge on any atom is -0.383 e. The van der Waals surface area contributed by atoms with Crippen LogP contribution in [-0.2, 0) is 24.1 Å². The summed E-state index contributed by atoms with van der Waals surface area (Å²) in [5.74, 6) is 1.94. The molecule has 1 aromatic carbocycles. The average molecular weight is 544 g/mol. The zero-order valence-electron chi connectivity index (χ0n) is 22.6. The number of hydrogen-bond donors (Lipinski definition) is 2. The molecular weight excluding hydrogens is 514 g/mol. The van der Waals surface area contributed by atoms with E-state index in [4.69, 9.17) is 15.7 Å². The highest BCUT2D eigenvalue weighted by atomic mass is 16.1. The summed E-state index contributed by atoms with van der Waals surface area (Å²) >= 11 is 0. The molecule has 6 aromatic rings. The number of likely N-dealkylation sites (N-methyl/N-ethyl adjacent to an activating group) is 1. The molecule has 204 valence electrons. The number of nitrogens with two attached hydrogens (primary N) is 1. The van der Waals surface area contributed by atoms with Gasteiger partial charge in [0.05, 0.1) is 12.0 Å². The van der Waals surface area contributed by atoms with Crippen LogP contribution in [0.2, 0.25) is 0 Å². The van der Waals surface area contributed by atoms with Gasteiger partial charge in [0.25, 0.3) is 0 Å². The molecule has 0 atom stereocenters. The van der Waals surface area contributed by atoms with Crippen LogP contribution in [0.5, 0.6) is 0 Å². The number of rotatable bonds is 5. The summed E-state index contributed by atoms with van der Waals surface area (Å²) in [5, 5.41) is 6.87. The smallest absolute Gasteiger partial charge is 0.224 e. The number of anilines is 1. The SMILES string of the molecule is CNC(=O)Cc1ccncc1.Nc1ncccc1-c1nc2ccc(-n3cccn3)nc2n1-c1ccc2c(c1)CCC2. The molecular formula is C31H29N9O. The molecule has 0 radical (unpaired) electrons. The Bertz CT molecular complexity index is 1810. The summed E-state index contributed by atoms with van der Waals surface area (Å²) in [5.41, 5.74) is 13.4. The van der Waals surface area contributed by atoms with E-state index >= 15 is 0 Å². The van der Waals surface area contributed by atoms with Crippen molar-refractivity contribution in [3.63, 3.8) is 0 Å². The van der Waals surface area contributed by atoms with Gasteiger partial charge in [0.2, 0.25) is 5.91 Å². The van der Waals surface area contributed by atoms with Gasteiger partial charge in [0.15, 0.2) is 17.3 Å². The Kier molecular flexibility index (Phi) is 7.19. The van der Waals surface area contributed by atoms with Crippen LogP contribution in [-0.4, -0.2) is 47.2 Å². The van der Waals surface area contributed by atoms with E-state index in [1.165, 1.54) is 17.5 Å². The maximum Gasteiger partial charge on any atom is 0.224 e. The number of carbonyl (C=O) groups excluding carboxylic acids is 1. The third kappa shape index (κ3) is 5.40. The molecule has 41 heavy (non-hydrogen) atoms. The molecule has 5 heterocycles. The second-order valence-electron chi connectivity index (χ2n) is 9.68. The molecule has 0 spiro atoms. The highest BCUT2D eigenvalue weighted by molar-refractivity contribution is 5.83. The number of amides is 1. The van der Waals surface area contributed by atoms with E-state index in [2.05, 4.69) is 43.1 Å². The van der Waals surface area contributed by atoms with Crippen LogP contribution < -0.4 is 11.1 Å². The van der Waals surface area contributed by atoms with Crippen molar-refractivity contribution in [2.45, 2.75) is 25.7 Å². The Morgan fingerprint density at radius 2 is 1.80 bits per heavy atom.